The molecule has 1 aromatic heterocycles. The summed E-state index contributed by atoms with van der Waals surface area (Å²) >= 11 is 6.42. The standard InChI is InChI=1S/C17H15ClN2O2/c1-3-22-17(21)13-9-10-14-15(16(13)18)11(2)19-20(14)12-7-5-4-6-8-12/h4-10H,3H2,1-2H3. The van der Waals surface area contributed by atoms with Crippen LogP contribution >= 0.6 is 11.6 Å². The average molecular weight is 315 g/mol. The first-order valence-electron chi connectivity index (χ1n) is 7.04. The fourth-order valence-electron chi connectivity index (χ4n) is 2.47. The van der Waals surface area contributed by atoms with Gasteiger partial charge in [-0.15, -0.1) is 0 Å². The van der Waals surface area contributed by atoms with Crippen LogP contribution < -0.4 is 0 Å². The van der Waals surface area contributed by atoms with Gasteiger partial charge < -0.3 is 4.74 Å². The smallest absolute Gasteiger partial charge is 0.339 e. The summed E-state index contributed by atoms with van der Waals surface area (Å²) in [6, 6.07) is 13.3. The highest BCUT2D eigenvalue weighted by atomic mass is 35.5. The highest BCUT2D eigenvalue weighted by Crippen LogP contribution is 2.31. The minimum Gasteiger partial charge on any atom is -0.462 e. The first kappa shape index (κ1) is 14.6. The molecule has 0 bridgehead atoms. The molecule has 0 amide bonds. The van der Waals surface area contributed by atoms with Crippen molar-refractivity contribution in [2.45, 2.75) is 13.8 Å². The van der Waals surface area contributed by atoms with Gasteiger partial charge in [-0.1, -0.05) is 29.8 Å². The predicted molar refractivity (Wildman–Crippen MR) is 86.8 cm³/mol. The molecule has 1 heterocycles. The first-order valence-corrected chi connectivity index (χ1v) is 7.41. The second-order valence-electron chi connectivity index (χ2n) is 4.87. The molecule has 0 atom stereocenters. The average Bonchev–Trinajstić information content (AvgIpc) is 2.86. The fourth-order valence-corrected chi connectivity index (χ4v) is 2.85. The van der Waals surface area contributed by atoms with Crippen LogP contribution in [0.5, 0.6) is 0 Å². The maximum absolute atomic E-state index is 12.0. The van der Waals surface area contributed by atoms with Gasteiger partial charge >= 0.3 is 5.97 Å². The number of esters is 1. The van der Waals surface area contributed by atoms with E-state index in [1.165, 1.54) is 0 Å². The molecular formula is C17H15ClN2O2. The molecule has 3 rings (SSSR count). The number of ether oxygens (including phenoxy) is 1. The largest absolute Gasteiger partial charge is 0.462 e. The van der Waals surface area contributed by atoms with Crippen LogP contribution in [0.3, 0.4) is 0 Å². The number of nitrogens with zero attached hydrogens (tertiary/aromatic N) is 2. The Morgan fingerprint density at radius 1 is 1.23 bits per heavy atom. The minimum absolute atomic E-state index is 0.315. The Balaban J connectivity index is 2.21. The lowest BCUT2D eigenvalue weighted by molar-refractivity contribution is 0.0527. The number of carbonyl (C=O) groups excluding carboxylic acids is 1. The quantitative estimate of drug-likeness (QED) is 0.682. The number of benzene rings is 2. The van der Waals surface area contributed by atoms with E-state index in [-0.39, 0.29) is 0 Å². The lowest BCUT2D eigenvalue weighted by atomic mass is 10.1. The molecule has 5 heteroatoms. The first-order chi connectivity index (χ1) is 10.6. The normalized spacial score (nSPS) is 10.9. The summed E-state index contributed by atoms with van der Waals surface area (Å²) in [5, 5.41) is 5.71. The Morgan fingerprint density at radius 3 is 2.64 bits per heavy atom. The molecule has 0 radical (unpaired) electrons. The molecule has 0 N–H and O–H groups in total. The molecule has 112 valence electrons. The van der Waals surface area contributed by atoms with Gasteiger partial charge in [-0.2, -0.15) is 5.10 Å². The molecule has 0 aliphatic carbocycles. The van der Waals surface area contributed by atoms with E-state index in [0.29, 0.717) is 17.2 Å². The number of hydrogen-bond acceptors (Lipinski definition) is 3. The molecule has 2 aromatic carbocycles. The van der Waals surface area contributed by atoms with Crippen LogP contribution in [0.25, 0.3) is 16.6 Å². The summed E-state index contributed by atoms with van der Waals surface area (Å²) in [6.45, 7) is 3.96. The van der Waals surface area contributed by atoms with E-state index in [1.54, 1.807) is 13.0 Å². The molecule has 0 unspecified atom stereocenters. The van der Waals surface area contributed by atoms with Gasteiger partial charge in [0.15, 0.2) is 0 Å². The molecule has 4 nitrogen and oxygen atoms in total. The van der Waals surface area contributed by atoms with Gasteiger partial charge in [0.1, 0.15) is 0 Å². The molecule has 0 aliphatic heterocycles. The monoisotopic (exact) mass is 314 g/mol. The van der Waals surface area contributed by atoms with E-state index in [9.17, 15) is 4.79 Å². The van der Waals surface area contributed by atoms with Crippen LogP contribution in [0.2, 0.25) is 5.02 Å². The third-order valence-electron chi connectivity index (χ3n) is 3.46. The van der Waals surface area contributed by atoms with Crippen LogP contribution in [0, 0.1) is 6.92 Å². The fraction of sp³-hybridized carbons (Fsp3) is 0.176. The van der Waals surface area contributed by atoms with Crippen molar-refractivity contribution in [2.24, 2.45) is 0 Å². The minimum atomic E-state index is -0.415. The number of para-hydroxylation sites is 1. The second kappa shape index (κ2) is 5.81. The SMILES string of the molecule is CCOC(=O)c1ccc2c(c(C)nn2-c2ccccc2)c1Cl. The Labute approximate surface area is 133 Å². The number of carbonyl (C=O) groups is 1. The van der Waals surface area contributed by atoms with Crippen molar-refractivity contribution in [3.05, 3.63) is 58.7 Å². The summed E-state index contributed by atoms with van der Waals surface area (Å²) in [4.78, 5) is 12.0. The van der Waals surface area contributed by atoms with Crippen LogP contribution in [-0.4, -0.2) is 22.4 Å². The van der Waals surface area contributed by atoms with Crippen molar-refractivity contribution in [1.82, 2.24) is 9.78 Å². The number of rotatable bonds is 3. The van der Waals surface area contributed by atoms with Gasteiger partial charge in [-0.25, -0.2) is 9.48 Å². The summed E-state index contributed by atoms with van der Waals surface area (Å²) in [5.74, 6) is -0.415. The number of fused-ring (bicyclic) bond motifs is 1. The Bertz CT molecular complexity index is 841. The van der Waals surface area contributed by atoms with E-state index < -0.39 is 5.97 Å². The number of hydrogen-bond donors (Lipinski definition) is 0. The van der Waals surface area contributed by atoms with Gasteiger partial charge in [0, 0.05) is 5.39 Å². The van der Waals surface area contributed by atoms with Gasteiger partial charge in [-0.05, 0) is 38.1 Å². The zero-order valence-corrected chi connectivity index (χ0v) is 13.1. The molecular weight excluding hydrogens is 300 g/mol. The molecule has 22 heavy (non-hydrogen) atoms. The topological polar surface area (TPSA) is 44.1 Å². The molecule has 0 fully saturated rings. The second-order valence-corrected chi connectivity index (χ2v) is 5.25. The van der Waals surface area contributed by atoms with Crippen molar-refractivity contribution < 1.29 is 9.53 Å². The summed E-state index contributed by atoms with van der Waals surface area (Å²) < 4.78 is 6.86. The zero-order chi connectivity index (χ0) is 15.7. The molecule has 0 spiro atoms. The van der Waals surface area contributed by atoms with Gasteiger partial charge in [0.2, 0.25) is 0 Å². The predicted octanol–water partition coefficient (Wildman–Crippen LogP) is 4.16. The van der Waals surface area contributed by atoms with Crippen LogP contribution in [0.15, 0.2) is 42.5 Å². The van der Waals surface area contributed by atoms with Gasteiger partial charge in [0.25, 0.3) is 0 Å². The molecule has 0 saturated heterocycles. The van der Waals surface area contributed by atoms with Crippen LogP contribution in [-0.2, 0) is 4.74 Å². The highest BCUT2D eigenvalue weighted by molar-refractivity contribution is 6.38. The van der Waals surface area contributed by atoms with E-state index in [4.69, 9.17) is 16.3 Å². The van der Waals surface area contributed by atoms with Crippen molar-refractivity contribution in [1.29, 1.82) is 0 Å². The highest BCUT2D eigenvalue weighted by Gasteiger charge is 2.19. The summed E-state index contributed by atoms with van der Waals surface area (Å²) in [5.41, 5.74) is 2.95. The van der Waals surface area contributed by atoms with E-state index >= 15 is 0 Å². The molecule has 3 aromatic rings. The third-order valence-corrected chi connectivity index (χ3v) is 3.85. The Kier molecular flexibility index (Phi) is 3.86. The lowest BCUT2D eigenvalue weighted by Crippen LogP contribution is -2.05. The van der Waals surface area contributed by atoms with Gasteiger partial charge in [0.05, 0.1) is 34.1 Å². The van der Waals surface area contributed by atoms with Crippen molar-refractivity contribution in [3.8, 4) is 5.69 Å². The zero-order valence-electron chi connectivity index (χ0n) is 12.3. The van der Waals surface area contributed by atoms with Crippen LogP contribution in [0.4, 0.5) is 0 Å². The van der Waals surface area contributed by atoms with E-state index in [2.05, 4.69) is 5.10 Å². The molecule has 0 saturated carbocycles. The number of aryl methyl sites for hydroxylation is 1. The Hall–Kier alpha value is -2.33. The maximum Gasteiger partial charge on any atom is 0.339 e. The van der Waals surface area contributed by atoms with Crippen molar-refractivity contribution >= 4 is 28.5 Å². The van der Waals surface area contributed by atoms with Crippen molar-refractivity contribution in [3.63, 3.8) is 0 Å². The van der Waals surface area contributed by atoms with E-state index in [0.717, 1.165) is 22.3 Å². The summed E-state index contributed by atoms with van der Waals surface area (Å²) in [6.07, 6.45) is 0. The lowest BCUT2D eigenvalue weighted by Gasteiger charge is -2.07. The van der Waals surface area contributed by atoms with Gasteiger partial charge in [-0.3, -0.25) is 0 Å². The molecule has 0 aliphatic rings. The Morgan fingerprint density at radius 2 is 1.95 bits per heavy atom. The van der Waals surface area contributed by atoms with Crippen LogP contribution in [0.1, 0.15) is 23.0 Å². The van der Waals surface area contributed by atoms with Crippen molar-refractivity contribution in [2.75, 3.05) is 6.61 Å². The third kappa shape index (κ3) is 2.35. The number of halogens is 1. The number of aromatic nitrogens is 2. The maximum atomic E-state index is 12.0. The van der Waals surface area contributed by atoms with E-state index in [1.807, 2.05) is 48.0 Å². The summed E-state index contributed by atoms with van der Waals surface area (Å²) in [7, 11) is 0.